The lowest BCUT2D eigenvalue weighted by atomic mass is 9.96. The van der Waals surface area contributed by atoms with E-state index in [2.05, 4.69) is 24.2 Å². The average Bonchev–Trinajstić information content (AvgIpc) is 2.34. The fraction of sp³-hybridized carbons (Fsp3) is 0.929. The zero-order valence-corrected chi connectivity index (χ0v) is 14.7. The van der Waals surface area contributed by atoms with E-state index in [9.17, 15) is 0 Å². The van der Waals surface area contributed by atoms with E-state index in [1.54, 1.807) is 0 Å². The first-order chi connectivity index (χ1) is 8.68. The van der Waals surface area contributed by atoms with E-state index in [0.29, 0.717) is 18.1 Å². The van der Waals surface area contributed by atoms with Gasteiger partial charge in [-0.25, -0.2) is 0 Å². The van der Waals surface area contributed by atoms with Gasteiger partial charge in [0.05, 0.1) is 6.10 Å². The number of hydrogen-bond donors (Lipinski definition) is 2. The molecule has 1 aliphatic rings. The number of ether oxygens (including phenoxy) is 1. The summed E-state index contributed by atoms with van der Waals surface area (Å²) in [4.78, 5) is 4.36. The van der Waals surface area contributed by atoms with Crippen LogP contribution in [0.4, 0.5) is 0 Å². The van der Waals surface area contributed by atoms with Crippen LogP contribution >= 0.6 is 24.0 Å². The van der Waals surface area contributed by atoms with Crippen LogP contribution in [0.15, 0.2) is 4.99 Å². The SMILES string of the molecule is CC(C)OCCCCN=C(N)NC1CCCCC1.I. The molecule has 0 aromatic carbocycles. The Bertz CT molecular complexity index is 241. The van der Waals surface area contributed by atoms with Gasteiger partial charge in [0.15, 0.2) is 5.96 Å². The van der Waals surface area contributed by atoms with Gasteiger partial charge in [0.1, 0.15) is 0 Å². The van der Waals surface area contributed by atoms with Gasteiger partial charge < -0.3 is 15.8 Å². The highest BCUT2D eigenvalue weighted by Gasteiger charge is 2.12. The van der Waals surface area contributed by atoms with Crippen molar-refractivity contribution in [3.8, 4) is 0 Å². The minimum absolute atomic E-state index is 0. The standard InChI is InChI=1S/C14H29N3O.HI/c1-12(2)18-11-7-6-10-16-14(15)17-13-8-4-3-5-9-13;/h12-13H,3-11H2,1-2H3,(H3,15,16,17);1H. The van der Waals surface area contributed by atoms with E-state index in [1.807, 2.05) is 0 Å². The molecule has 0 saturated heterocycles. The first kappa shape index (κ1) is 19.0. The summed E-state index contributed by atoms with van der Waals surface area (Å²) in [6, 6.07) is 0.548. The van der Waals surface area contributed by atoms with Gasteiger partial charge in [0.25, 0.3) is 0 Å². The summed E-state index contributed by atoms with van der Waals surface area (Å²) < 4.78 is 5.48. The lowest BCUT2D eigenvalue weighted by molar-refractivity contribution is 0.0763. The van der Waals surface area contributed by atoms with Gasteiger partial charge in [0, 0.05) is 19.2 Å². The van der Waals surface area contributed by atoms with Crippen molar-refractivity contribution >= 4 is 29.9 Å². The van der Waals surface area contributed by atoms with Crippen molar-refractivity contribution in [1.82, 2.24) is 5.32 Å². The highest BCUT2D eigenvalue weighted by atomic mass is 127. The molecule has 0 atom stereocenters. The van der Waals surface area contributed by atoms with Gasteiger partial charge in [-0.15, -0.1) is 24.0 Å². The topological polar surface area (TPSA) is 59.6 Å². The number of hydrogen-bond acceptors (Lipinski definition) is 2. The fourth-order valence-electron chi connectivity index (χ4n) is 2.23. The molecule has 114 valence electrons. The summed E-state index contributed by atoms with van der Waals surface area (Å²) in [7, 11) is 0. The average molecular weight is 383 g/mol. The smallest absolute Gasteiger partial charge is 0.188 e. The summed E-state index contributed by atoms with van der Waals surface area (Å²) >= 11 is 0. The third kappa shape index (κ3) is 10.4. The maximum atomic E-state index is 5.88. The summed E-state index contributed by atoms with van der Waals surface area (Å²) in [5, 5.41) is 3.32. The number of aliphatic imine (C=N–C) groups is 1. The fourth-order valence-corrected chi connectivity index (χ4v) is 2.23. The molecule has 1 fully saturated rings. The van der Waals surface area contributed by atoms with Gasteiger partial charge in [0.2, 0.25) is 0 Å². The molecule has 1 rings (SSSR count). The molecule has 0 amide bonds. The second-order valence-corrected chi connectivity index (χ2v) is 5.37. The normalized spacial score (nSPS) is 17.3. The van der Waals surface area contributed by atoms with Crippen molar-refractivity contribution in [2.24, 2.45) is 10.7 Å². The third-order valence-electron chi connectivity index (χ3n) is 3.24. The van der Waals surface area contributed by atoms with Crippen LogP contribution in [0.2, 0.25) is 0 Å². The Hall–Kier alpha value is -0.0400. The van der Waals surface area contributed by atoms with Gasteiger partial charge in [-0.05, 0) is 39.5 Å². The second-order valence-electron chi connectivity index (χ2n) is 5.37. The molecule has 1 saturated carbocycles. The van der Waals surface area contributed by atoms with Crippen molar-refractivity contribution in [1.29, 1.82) is 0 Å². The number of unbranched alkanes of at least 4 members (excludes halogenated alkanes) is 1. The summed E-state index contributed by atoms with van der Waals surface area (Å²) in [5.74, 6) is 0.617. The molecule has 0 aromatic heterocycles. The van der Waals surface area contributed by atoms with E-state index in [4.69, 9.17) is 10.5 Å². The number of nitrogens with one attached hydrogen (secondary N) is 1. The molecule has 3 N–H and O–H groups in total. The zero-order valence-electron chi connectivity index (χ0n) is 12.4. The second kappa shape index (κ2) is 11.8. The van der Waals surface area contributed by atoms with E-state index in [-0.39, 0.29) is 24.0 Å². The van der Waals surface area contributed by atoms with Gasteiger partial charge >= 0.3 is 0 Å². The van der Waals surface area contributed by atoms with Crippen LogP contribution < -0.4 is 11.1 Å². The van der Waals surface area contributed by atoms with Crippen molar-refractivity contribution in [2.75, 3.05) is 13.2 Å². The van der Waals surface area contributed by atoms with Crippen LogP contribution in [0.1, 0.15) is 58.8 Å². The molecular formula is C14H30IN3O. The molecule has 0 heterocycles. The lowest BCUT2D eigenvalue weighted by Crippen LogP contribution is -2.41. The van der Waals surface area contributed by atoms with Gasteiger partial charge in [-0.3, -0.25) is 4.99 Å². The highest BCUT2D eigenvalue weighted by molar-refractivity contribution is 14.0. The first-order valence-corrected chi connectivity index (χ1v) is 7.36. The summed E-state index contributed by atoms with van der Waals surface area (Å²) in [6.45, 7) is 5.74. The Morgan fingerprint density at radius 2 is 1.95 bits per heavy atom. The first-order valence-electron chi connectivity index (χ1n) is 7.36. The summed E-state index contributed by atoms with van der Waals surface area (Å²) in [5.41, 5.74) is 5.88. The molecule has 0 spiro atoms. The number of nitrogens with two attached hydrogens (primary N) is 1. The Kier molecular flexibility index (Phi) is 11.7. The molecule has 5 heteroatoms. The number of nitrogens with zero attached hydrogens (tertiary/aromatic N) is 1. The molecule has 0 bridgehead atoms. The highest BCUT2D eigenvalue weighted by Crippen LogP contribution is 2.16. The number of halogens is 1. The molecule has 19 heavy (non-hydrogen) atoms. The Morgan fingerprint density at radius 3 is 2.58 bits per heavy atom. The van der Waals surface area contributed by atoms with Gasteiger partial charge in [-0.1, -0.05) is 19.3 Å². The Labute approximate surface area is 135 Å². The zero-order chi connectivity index (χ0) is 13.2. The van der Waals surface area contributed by atoms with E-state index in [1.165, 1.54) is 32.1 Å². The predicted octanol–water partition coefficient (Wildman–Crippen LogP) is 3.05. The molecule has 0 unspecified atom stereocenters. The lowest BCUT2D eigenvalue weighted by Gasteiger charge is -2.23. The Balaban J connectivity index is 0.00000324. The Morgan fingerprint density at radius 1 is 1.26 bits per heavy atom. The van der Waals surface area contributed by atoms with Crippen LogP contribution in [-0.2, 0) is 4.74 Å². The molecule has 0 aliphatic heterocycles. The molecule has 0 aromatic rings. The minimum atomic E-state index is 0. The summed E-state index contributed by atoms with van der Waals surface area (Å²) in [6.07, 6.45) is 8.89. The number of guanidine groups is 1. The minimum Gasteiger partial charge on any atom is -0.379 e. The van der Waals surface area contributed by atoms with Crippen LogP contribution in [0, 0.1) is 0 Å². The molecule has 0 radical (unpaired) electrons. The number of rotatable bonds is 7. The molecule has 4 nitrogen and oxygen atoms in total. The van der Waals surface area contributed by atoms with E-state index >= 15 is 0 Å². The van der Waals surface area contributed by atoms with Crippen LogP contribution in [0.3, 0.4) is 0 Å². The van der Waals surface area contributed by atoms with Crippen molar-refractivity contribution in [2.45, 2.75) is 70.9 Å². The monoisotopic (exact) mass is 383 g/mol. The molecule has 1 aliphatic carbocycles. The van der Waals surface area contributed by atoms with Crippen LogP contribution in [-0.4, -0.2) is 31.3 Å². The van der Waals surface area contributed by atoms with E-state index < -0.39 is 0 Å². The quantitative estimate of drug-likeness (QED) is 0.308. The van der Waals surface area contributed by atoms with Crippen molar-refractivity contribution < 1.29 is 4.74 Å². The third-order valence-corrected chi connectivity index (χ3v) is 3.24. The van der Waals surface area contributed by atoms with E-state index in [0.717, 1.165) is 26.0 Å². The maximum Gasteiger partial charge on any atom is 0.188 e. The van der Waals surface area contributed by atoms with Crippen molar-refractivity contribution in [3.63, 3.8) is 0 Å². The predicted molar refractivity (Wildman–Crippen MR) is 92.2 cm³/mol. The van der Waals surface area contributed by atoms with Gasteiger partial charge in [-0.2, -0.15) is 0 Å². The maximum absolute atomic E-state index is 5.88. The van der Waals surface area contributed by atoms with Crippen LogP contribution in [0.5, 0.6) is 0 Å². The molecular weight excluding hydrogens is 353 g/mol. The van der Waals surface area contributed by atoms with Crippen LogP contribution in [0.25, 0.3) is 0 Å². The largest absolute Gasteiger partial charge is 0.379 e. The van der Waals surface area contributed by atoms with Crippen molar-refractivity contribution in [3.05, 3.63) is 0 Å².